The number of benzene rings is 1. The van der Waals surface area contributed by atoms with Crippen molar-refractivity contribution in [3.63, 3.8) is 0 Å². The van der Waals surface area contributed by atoms with E-state index in [1.807, 2.05) is 25.1 Å². The second-order valence-corrected chi connectivity index (χ2v) is 6.19. The van der Waals surface area contributed by atoms with Gasteiger partial charge in [0.05, 0.1) is 17.9 Å². The molecule has 21 heavy (non-hydrogen) atoms. The lowest BCUT2D eigenvalue weighted by Gasteiger charge is -2.30. The molecule has 1 heterocycles. The molecule has 0 spiro atoms. The third kappa shape index (κ3) is 3.80. The molecule has 1 N–H and O–H groups in total. The fourth-order valence-corrected chi connectivity index (χ4v) is 3.34. The van der Waals surface area contributed by atoms with E-state index in [0.717, 1.165) is 35.8 Å². The zero-order chi connectivity index (χ0) is 15.2. The van der Waals surface area contributed by atoms with Gasteiger partial charge in [-0.25, -0.2) is 4.79 Å². The normalized spacial score (nSPS) is 15.0. The van der Waals surface area contributed by atoms with Gasteiger partial charge in [-0.05, 0) is 29.9 Å². The van der Waals surface area contributed by atoms with E-state index < -0.39 is 5.97 Å². The fraction of sp³-hybridized carbons (Fsp3) is 0.438. The van der Waals surface area contributed by atoms with Crippen molar-refractivity contribution in [2.45, 2.75) is 18.2 Å². The molecule has 0 atom stereocenters. The summed E-state index contributed by atoms with van der Waals surface area (Å²) in [7, 11) is 1.70. The molecule has 114 valence electrons. The Labute approximate surface area is 129 Å². The van der Waals surface area contributed by atoms with E-state index in [2.05, 4.69) is 11.0 Å². The second kappa shape index (κ2) is 7.52. The average molecular weight is 307 g/mol. The Morgan fingerprint density at radius 3 is 2.86 bits per heavy atom. The minimum Gasteiger partial charge on any atom is -0.478 e. The SMILES string of the molecule is CCSc1cccc(N2CC=C(COC)CC2)c1C(=O)O. The quantitative estimate of drug-likeness (QED) is 0.645. The molecule has 0 unspecified atom stereocenters. The smallest absolute Gasteiger partial charge is 0.338 e. The molecule has 1 aliphatic rings. The highest BCUT2D eigenvalue weighted by molar-refractivity contribution is 7.99. The van der Waals surface area contributed by atoms with E-state index in [-0.39, 0.29) is 0 Å². The Balaban J connectivity index is 2.28. The number of carboxylic acids is 1. The van der Waals surface area contributed by atoms with Gasteiger partial charge >= 0.3 is 5.97 Å². The first-order chi connectivity index (χ1) is 10.2. The third-order valence-electron chi connectivity index (χ3n) is 3.49. The number of carboxylic acid groups (broad SMARTS) is 1. The molecule has 0 bridgehead atoms. The van der Waals surface area contributed by atoms with E-state index in [1.165, 1.54) is 5.57 Å². The maximum absolute atomic E-state index is 11.7. The first kappa shape index (κ1) is 15.9. The van der Waals surface area contributed by atoms with Crippen molar-refractivity contribution >= 4 is 23.4 Å². The highest BCUT2D eigenvalue weighted by atomic mass is 32.2. The van der Waals surface area contributed by atoms with Crippen LogP contribution in [0.25, 0.3) is 0 Å². The molecular weight excluding hydrogens is 286 g/mol. The van der Waals surface area contributed by atoms with E-state index >= 15 is 0 Å². The lowest BCUT2D eigenvalue weighted by Crippen LogP contribution is -2.30. The molecule has 1 aromatic rings. The summed E-state index contributed by atoms with van der Waals surface area (Å²) in [6.07, 6.45) is 3.05. The van der Waals surface area contributed by atoms with E-state index in [9.17, 15) is 9.90 Å². The number of hydrogen-bond donors (Lipinski definition) is 1. The molecule has 2 rings (SSSR count). The number of thioether (sulfide) groups is 1. The van der Waals surface area contributed by atoms with Gasteiger partial charge in [0.2, 0.25) is 0 Å². The predicted octanol–water partition coefficient (Wildman–Crippen LogP) is 3.28. The number of methoxy groups -OCH3 is 1. The Morgan fingerprint density at radius 1 is 1.48 bits per heavy atom. The van der Waals surface area contributed by atoms with E-state index in [0.29, 0.717) is 12.2 Å². The number of nitrogens with zero attached hydrogens (tertiary/aromatic N) is 1. The maximum atomic E-state index is 11.7. The van der Waals surface area contributed by atoms with Crippen molar-refractivity contribution in [2.75, 3.05) is 37.5 Å². The standard InChI is InChI=1S/C16H21NO3S/c1-3-21-14-6-4-5-13(15(14)16(18)19)17-9-7-12(8-10-17)11-20-2/h4-7H,3,8-11H2,1-2H3,(H,18,19). The van der Waals surface area contributed by atoms with E-state index in [1.54, 1.807) is 18.9 Å². The summed E-state index contributed by atoms with van der Waals surface area (Å²) in [6, 6.07) is 5.73. The monoisotopic (exact) mass is 307 g/mol. The number of aromatic carboxylic acids is 1. The van der Waals surface area contributed by atoms with Crippen LogP contribution < -0.4 is 4.90 Å². The van der Waals surface area contributed by atoms with Crippen molar-refractivity contribution < 1.29 is 14.6 Å². The third-order valence-corrected chi connectivity index (χ3v) is 4.43. The van der Waals surface area contributed by atoms with Crippen LogP contribution in [0.2, 0.25) is 0 Å². The number of carbonyl (C=O) groups is 1. The van der Waals surface area contributed by atoms with Crippen molar-refractivity contribution in [3.05, 3.63) is 35.4 Å². The summed E-state index contributed by atoms with van der Waals surface area (Å²) >= 11 is 1.57. The topological polar surface area (TPSA) is 49.8 Å². The summed E-state index contributed by atoms with van der Waals surface area (Å²) in [5.41, 5.74) is 2.52. The van der Waals surface area contributed by atoms with Crippen LogP contribution in [0.3, 0.4) is 0 Å². The van der Waals surface area contributed by atoms with Gasteiger partial charge in [-0.1, -0.05) is 19.1 Å². The predicted molar refractivity (Wildman–Crippen MR) is 86.6 cm³/mol. The zero-order valence-electron chi connectivity index (χ0n) is 12.5. The Bertz CT molecular complexity index is 542. The van der Waals surface area contributed by atoms with Crippen molar-refractivity contribution in [2.24, 2.45) is 0 Å². The van der Waals surface area contributed by atoms with Crippen LogP contribution in [0, 0.1) is 0 Å². The maximum Gasteiger partial charge on any atom is 0.338 e. The van der Waals surface area contributed by atoms with Crippen molar-refractivity contribution in [1.29, 1.82) is 0 Å². The molecular formula is C16H21NO3S. The molecule has 4 nitrogen and oxygen atoms in total. The minimum absolute atomic E-state index is 0.424. The van der Waals surface area contributed by atoms with Gasteiger partial charge in [0.15, 0.2) is 0 Å². The van der Waals surface area contributed by atoms with Crippen molar-refractivity contribution in [1.82, 2.24) is 0 Å². The van der Waals surface area contributed by atoms with Crippen LogP contribution >= 0.6 is 11.8 Å². The van der Waals surface area contributed by atoms with Crippen LogP contribution in [-0.2, 0) is 4.74 Å². The lowest BCUT2D eigenvalue weighted by atomic mass is 10.1. The van der Waals surface area contributed by atoms with Gasteiger partial charge in [-0.3, -0.25) is 0 Å². The van der Waals surface area contributed by atoms with Gasteiger partial charge in [-0.2, -0.15) is 0 Å². The van der Waals surface area contributed by atoms with Crippen LogP contribution in [0.15, 0.2) is 34.7 Å². The summed E-state index contributed by atoms with van der Waals surface area (Å²) in [6.45, 7) is 4.25. The second-order valence-electron chi connectivity index (χ2n) is 4.88. The Morgan fingerprint density at radius 2 is 2.29 bits per heavy atom. The summed E-state index contributed by atoms with van der Waals surface area (Å²) in [5, 5.41) is 9.56. The van der Waals surface area contributed by atoms with E-state index in [4.69, 9.17) is 4.74 Å². The van der Waals surface area contributed by atoms with Crippen LogP contribution in [0.4, 0.5) is 5.69 Å². The molecule has 0 aliphatic carbocycles. The minimum atomic E-state index is -0.854. The largest absolute Gasteiger partial charge is 0.478 e. The van der Waals surface area contributed by atoms with Crippen LogP contribution in [0.1, 0.15) is 23.7 Å². The van der Waals surface area contributed by atoms with Gasteiger partial charge in [0, 0.05) is 25.1 Å². The molecule has 0 saturated heterocycles. The van der Waals surface area contributed by atoms with Crippen LogP contribution in [-0.4, -0.2) is 43.6 Å². The van der Waals surface area contributed by atoms with Gasteiger partial charge < -0.3 is 14.7 Å². The Hall–Kier alpha value is -1.46. The number of anilines is 1. The molecule has 0 radical (unpaired) electrons. The zero-order valence-corrected chi connectivity index (χ0v) is 13.3. The molecule has 0 saturated carbocycles. The van der Waals surface area contributed by atoms with Gasteiger partial charge in [-0.15, -0.1) is 11.8 Å². The first-order valence-electron chi connectivity index (χ1n) is 7.08. The molecule has 5 heteroatoms. The summed E-state index contributed by atoms with van der Waals surface area (Å²) < 4.78 is 5.15. The van der Waals surface area contributed by atoms with Crippen molar-refractivity contribution in [3.8, 4) is 0 Å². The summed E-state index contributed by atoms with van der Waals surface area (Å²) in [4.78, 5) is 14.6. The number of ether oxygens (including phenoxy) is 1. The highest BCUT2D eigenvalue weighted by Crippen LogP contribution is 2.32. The molecule has 0 aromatic heterocycles. The first-order valence-corrected chi connectivity index (χ1v) is 8.06. The van der Waals surface area contributed by atoms with Crippen LogP contribution in [0.5, 0.6) is 0 Å². The summed E-state index contributed by atoms with van der Waals surface area (Å²) in [5.74, 6) is 0.00922. The number of hydrogen-bond acceptors (Lipinski definition) is 4. The number of rotatable bonds is 6. The lowest BCUT2D eigenvalue weighted by molar-refractivity contribution is 0.0694. The molecule has 1 aromatic carbocycles. The highest BCUT2D eigenvalue weighted by Gasteiger charge is 2.21. The van der Waals surface area contributed by atoms with Gasteiger partial charge in [0.25, 0.3) is 0 Å². The molecule has 0 fully saturated rings. The molecule has 1 aliphatic heterocycles. The molecule has 0 amide bonds. The average Bonchev–Trinajstić information content (AvgIpc) is 2.48. The Kier molecular flexibility index (Phi) is 5.70. The van der Waals surface area contributed by atoms with Gasteiger partial charge in [0.1, 0.15) is 0 Å². The fourth-order valence-electron chi connectivity index (χ4n) is 2.52.